The number of rotatable bonds is 6. The van der Waals surface area contributed by atoms with E-state index in [-0.39, 0.29) is 18.7 Å². The zero-order valence-electron chi connectivity index (χ0n) is 13.8. The summed E-state index contributed by atoms with van der Waals surface area (Å²) in [6, 6.07) is 6.14. The van der Waals surface area contributed by atoms with Gasteiger partial charge in [-0.15, -0.1) is 0 Å². The Bertz CT molecular complexity index is 572. The highest BCUT2D eigenvalue weighted by Gasteiger charge is 2.51. The number of carbonyl (C=O) groups excluding carboxylic acids is 1. The number of hydrazine groups is 1. The number of alkyl halides is 3. The van der Waals surface area contributed by atoms with E-state index < -0.39 is 17.8 Å². The third kappa shape index (κ3) is 4.96. The summed E-state index contributed by atoms with van der Waals surface area (Å²) < 4.78 is 41.3. The first kappa shape index (κ1) is 19.2. The molecule has 0 aromatic heterocycles. The van der Waals surface area contributed by atoms with E-state index in [2.05, 4.69) is 21.4 Å². The average molecular weight is 407 g/mol. The van der Waals surface area contributed by atoms with E-state index >= 15 is 0 Å². The van der Waals surface area contributed by atoms with Gasteiger partial charge >= 0.3 is 6.18 Å². The molecule has 0 radical (unpaired) electrons. The molecule has 1 amide bonds. The molecular weight excluding hydrogens is 385 g/mol. The fourth-order valence-corrected chi connectivity index (χ4v) is 3.32. The van der Waals surface area contributed by atoms with Gasteiger partial charge in [-0.25, -0.2) is 5.01 Å². The summed E-state index contributed by atoms with van der Waals surface area (Å²) in [6.07, 6.45) is -2.44. The number of aryl methyl sites for hydroxylation is 1. The lowest BCUT2D eigenvalue weighted by molar-refractivity contribution is -0.202. The van der Waals surface area contributed by atoms with Crippen molar-refractivity contribution in [1.82, 2.24) is 10.4 Å². The Balaban J connectivity index is 1.93. The van der Waals surface area contributed by atoms with Crippen molar-refractivity contribution in [2.75, 3.05) is 0 Å². The van der Waals surface area contributed by atoms with Gasteiger partial charge in [0.15, 0.2) is 0 Å². The van der Waals surface area contributed by atoms with Crippen molar-refractivity contribution >= 4 is 21.8 Å². The first-order chi connectivity index (χ1) is 11.1. The summed E-state index contributed by atoms with van der Waals surface area (Å²) in [5, 5.41) is 1.09. The zero-order chi connectivity index (χ0) is 18.0. The van der Waals surface area contributed by atoms with Crippen LogP contribution in [0.5, 0.6) is 0 Å². The number of nitrogens with zero attached hydrogens (tertiary/aromatic N) is 1. The number of halogens is 4. The van der Waals surface area contributed by atoms with Crippen LogP contribution in [-0.2, 0) is 11.2 Å². The molecule has 0 aliphatic carbocycles. The maximum atomic E-state index is 13.4. The summed E-state index contributed by atoms with van der Waals surface area (Å²) in [6.45, 7) is 3.32. The topological polar surface area (TPSA) is 32.3 Å². The molecule has 3 nitrogen and oxygen atoms in total. The SMILES string of the molecule is CC1(C)CC(=O)NN1[C@@H](CCCCc1ccc(Br)cc1)C(F)(F)F. The monoisotopic (exact) mass is 406 g/mol. The van der Waals surface area contributed by atoms with E-state index in [1.165, 1.54) is 0 Å². The van der Waals surface area contributed by atoms with Crippen molar-refractivity contribution in [3.8, 4) is 0 Å². The van der Waals surface area contributed by atoms with Gasteiger partial charge in [-0.3, -0.25) is 10.2 Å². The summed E-state index contributed by atoms with van der Waals surface area (Å²) >= 11 is 3.36. The van der Waals surface area contributed by atoms with Gasteiger partial charge in [0.25, 0.3) is 0 Å². The van der Waals surface area contributed by atoms with Crippen molar-refractivity contribution in [1.29, 1.82) is 0 Å². The van der Waals surface area contributed by atoms with Crippen LogP contribution in [0, 0.1) is 0 Å². The number of benzene rings is 1. The second-order valence-electron chi connectivity index (χ2n) is 6.82. The minimum Gasteiger partial charge on any atom is -0.288 e. The van der Waals surface area contributed by atoms with Gasteiger partial charge in [-0.2, -0.15) is 13.2 Å². The number of amides is 1. The smallest absolute Gasteiger partial charge is 0.288 e. The fraction of sp³-hybridized carbons (Fsp3) is 0.588. The van der Waals surface area contributed by atoms with Gasteiger partial charge in [-0.1, -0.05) is 34.5 Å². The molecule has 1 aliphatic rings. The number of hydrogen-bond acceptors (Lipinski definition) is 2. The molecule has 1 aromatic rings. The molecule has 0 unspecified atom stereocenters. The van der Waals surface area contributed by atoms with Crippen molar-refractivity contribution in [2.24, 2.45) is 0 Å². The van der Waals surface area contributed by atoms with Crippen molar-refractivity contribution < 1.29 is 18.0 Å². The van der Waals surface area contributed by atoms with Gasteiger partial charge < -0.3 is 0 Å². The number of hydrogen-bond donors (Lipinski definition) is 1. The Morgan fingerprint density at radius 3 is 2.38 bits per heavy atom. The predicted molar refractivity (Wildman–Crippen MR) is 90.2 cm³/mol. The lowest BCUT2D eigenvalue weighted by Crippen LogP contribution is -2.56. The third-order valence-electron chi connectivity index (χ3n) is 4.29. The van der Waals surface area contributed by atoms with Gasteiger partial charge in [0.05, 0.1) is 0 Å². The Morgan fingerprint density at radius 2 is 1.88 bits per heavy atom. The minimum absolute atomic E-state index is 0.0241. The summed E-state index contributed by atoms with van der Waals surface area (Å²) in [7, 11) is 0. The molecule has 0 spiro atoms. The zero-order valence-corrected chi connectivity index (χ0v) is 15.4. The Hall–Kier alpha value is -1.08. The van der Waals surface area contributed by atoms with E-state index in [0.717, 1.165) is 21.5 Å². The molecule has 2 rings (SSSR count). The Morgan fingerprint density at radius 1 is 1.25 bits per heavy atom. The lowest BCUT2D eigenvalue weighted by Gasteiger charge is -2.37. The van der Waals surface area contributed by atoms with Crippen LogP contribution < -0.4 is 5.43 Å². The van der Waals surface area contributed by atoms with E-state index in [1.807, 2.05) is 24.3 Å². The molecule has 1 aromatic carbocycles. The number of carbonyl (C=O) groups is 1. The van der Waals surface area contributed by atoms with Gasteiger partial charge in [0, 0.05) is 16.4 Å². The second kappa shape index (κ2) is 7.44. The normalized spacial score (nSPS) is 19.3. The largest absolute Gasteiger partial charge is 0.405 e. The second-order valence-corrected chi connectivity index (χ2v) is 7.74. The highest BCUT2D eigenvalue weighted by molar-refractivity contribution is 9.10. The van der Waals surface area contributed by atoms with Crippen LogP contribution in [0.15, 0.2) is 28.7 Å². The van der Waals surface area contributed by atoms with Crippen LogP contribution in [0.2, 0.25) is 0 Å². The molecule has 1 saturated heterocycles. The van der Waals surface area contributed by atoms with Crippen LogP contribution in [-0.4, -0.2) is 28.7 Å². The lowest BCUT2D eigenvalue weighted by atomic mass is 9.97. The van der Waals surface area contributed by atoms with Crippen LogP contribution in [0.4, 0.5) is 13.2 Å². The summed E-state index contributed by atoms with van der Waals surface area (Å²) in [5.74, 6) is -0.357. The van der Waals surface area contributed by atoms with Gasteiger partial charge in [0.2, 0.25) is 5.91 Å². The maximum Gasteiger partial charge on any atom is 0.405 e. The van der Waals surface area contributed by atoms with Crippen molar-refractivity contribution in [2.45, 2.75) is 63.7 Å². The molecular formula is C17H22BrF3N2O. The minimum atomic E-state index is -4.37. The van der Waals surface area contributed by atoms with E-state index in [1.54, 1.807) is 13.8 Å². The van der Waals surface area contributed by atoms with Gasteiger partial charge in [-0.05, 0) is 50.8 Å². The molecule has 24 heavy (non-hydrogen) atoms. The molecule has 7 heteroatoms. The molecule has 1 heterocycles. The van der Waals surface area contributed by atoms with Crippen LogP contribution >= 0.6 is 15.9 Å². The first-order valence-corrected chi connectivity index (χ1v) is 8.79. The molecule has 1 atom stereocenters. The molecule has 1 N–H and O–H groups in total. The highest BCUT2D eigenvalue weighted by atomic mass is 79.9. The molecule has 0 saturated carbocycles. The molecule has 134 valence electrons. The highest BCUT2D eigenvalue weighted by Crippen LogP contribution is 2.35. The van der Waals surface area contributed by atoms with Crippen LogP contribution in [0.3, 0.4) is 0 Å². The molecule has 1 aliphatic heterocycles. The van der Waals surface area contributed by atoms with Crippen LogP contribution in [0.25, 0.3) is 0 Å². The number of unbranched alkanes of at least 4 members (excludes halogenated alkanes) is 1. The molecule has 1 fully saturated rings. The fourth-order valence-electron chi connectivity index (χ4n) is 3.06. The maximum absolute atomic E-state index is 13.4. The summed E-state index contributed by atoms with van der Waals surface area (Å²) in [4.78, 5) is 11.5. The Labute approximate surface area is 148 Å². The van der Waals surface area contributed by atoms with Crippen molar-refractivity contribution in [3.05, 3.63) is 34.3 Å². The molecule has 0 bridgehead atoms. The van der Waals surface area contributed by atoms with E-state index in [0.29, 0.717) is 12.8 Å². The van der Waals surface area contributed by atoms with E-state index in [4.69, 9.17) is 0 Å². The summed E-state index contributed by atoms with van der Waals surface area (Å²) in [5.41, 5.74) is 2.66. The van der Waals surface area contributed by atoms with Crippen LogP contribution in [0.1, 0.15) is 45.1 Å². The van der Waals surface area contributed by atoms with E-state index in [9.17, 15) is 18.0 Å². The third-order valence-corrected chi connectivity index (χ3v) is 4.81. The average Bonchev–Trinajstić information content (AvgIpc) is 2.72. The predicted octanol–water partition coefficient (Wildman–Crippen LogP) is 4.61. The Kier molecular flexibility index (Phi) is 5.96. The van der Waals surface area contributed by atoms with Crippen molar-refractivity contribution in [3.63, 3.8) is 0 Å². The number of nitrogens with one attached hydrogen (secondary N) is 1. The van der Waals surface area contributed by atoms with Gasteiger partial charge in [0.1, 0.15) is 6.04 Å². The quantitative estimate of drug-likeness (QED) is 0.699. The first-order valence-electron chi connectivity index (χ1n) is 7.99. The standard InChI is InChI=1S/C17H22BrF3N2O/c1-16(2)11-15(24)22-23(16)14(17(19,20)21)6-4-3-5-12-7-9-13(18)10-8-12/h7-10,14H,3-6,11H2,1-2H3,(H,22,24)/t14-/m0/s1.